The second kappa shape index (κ2) is 7.92. The topological polar surface area (TPSA) is 55.9 Å². The van der Waals surface area contributed by atoms with Gasteiger partial charge in [0.15, 0.2) is 0 Å². The SMILES string of the molecule is Cn1nccc1CCC(CSC1CCCCC1)NN. The normalized spacial score (nSPS) is 18.6. The third kappa shape index (κ3) is 4.82. The van der Waals surface area contributed by atoms with E-state index in [1.165, 1.54) is 37.8 Å². The number of nitrogens with one attached hydrogen (secondary N) is 1. The molecule has 0 saturated heterocycles. The van der Waals surface area contributed by atoms with Crippen molar-refractivity contribution in [3.63, 3.8) is 0 Å². The number of aromatic nitrogens is 2. The number of nitrogens with two attached hydrogens (primary N) is 1. The Morgan fingerprint density at radius 3 is 2.89 bits per heavy atom. The predicted octanol–water partition coefficient (Wildman–Crippen LogP) is 2.25. The molecule has 1 aromatic heterocycles. The molecule has 0 aromatic carbocycles. The fourth-order valence-corrected chi connectivity index (χ4v) is 4.10. The zero-order valence-electron chi connectivity index (χ0n) is 11.8. The van der Waals surface area contributed by atoms with Crippen LogP contribution in [0.5, 0.6) is 0 Å². The first-order chi connectivity index (χ1) is 9.29. The Morgan fingerprint density at radius 1 is 1.47 bits per heavy atom. The Bertz CT molecular complexity index is 360. The summed E-state index contributed by atoms with van der Waals surface area (Å²) in [6, 6.07) is 2.49. The summed E-state index contributed by atoms with van der Waals surface area (Å²) in [5.41, 5.74) is 4.25. The Hall–Kier alpha value is -0.520. The van der Waals surface area contributed by atoms with Crippen molar-refractivity contribution in [1.82, 2.24) is 15.2 Å². The quantitative estimate of drug-likeness (QED) is 0.595. The lowest BCUT2D eigenvalue weighted by molar-refractivity contribution is 0.507. The lowest BCUT2D eigenvalue weighted by atomic mass is 10.0. The summed E-state index contributed by atoms with van der Waals surface area (Å²) in [5, 5.41) is 5.06. The van der Waals surface area contributed by atoms with E-state index in [4.69, 9.17) is 5.84 Å². The van der Waals surface area contributed by atoms with Crippen LogP contribution in [0.2, 0.25) is 0 Å². The van der Waals surface area contributed by atoms with Crippen LogP contribution in [0.3, 0.4) is 0 Å². The maximum absolute atomic E-state index is 5.68. The Labute approximate surface area is 120 Å². The number of aryl methyl sites for hydroxylation is 2. The van der Waals surface area contributed by atoms with Gasteiger partial charge in [-0.2, -0.15) is 16.9 Å². The van der Waals surface area contributed by atoms with Gasteiger partial charge in [-0.3, -0.25) is 16.0 Å². The molecule has 0 spiro atoms. The predicted molar refractivity (Wildman–Crippen MR) is 82.0 cm³/mol. The lowest BCUT2D eigenvalue weighted by Crippen LogP contribution is -2.38. The molecule has 1 heterocycles. The highest BCUT2D eigenvalue weighted by molar-refractivity contribution is 7.99. The fraction of sp³-hybridized carbons (Fsp3) is 0.786. The smallest absolute Gasteiger partial charge is 0.0492 e. The van der Waals surface area contributed by atoms with E-state index in [0.717, 1.165) is 23.8 Å². The van der Waals surface area contributed by atoms with Crippen LogP contribution >= 0.6 is 11.8 Å². The molecule has 1 fully saturated rings. The van der Waals surface area contributed by atoms with E-state index in [9.17, 15) is 0 Å². The maximum atomic E-state index is 5.68. The van der Waals surface area contributed by atoms with Crippen molar-refractivity contribution in [2.75, 3.05) is 5.75 Å². The molecule has 2 rings (SSSR count). The third-order valence-electron chi connectivity index (χ3n) is 3.99. The van der Waals surface area contributed by atoms with Crippen molar-refractivity contribution in [2.24, 2.45) is 12.9 Å². The number of hydrogen-bond acceptors (Lipinski definition) is 4. The monoisotopic (exact) mass is 282 g/mol. The molecule has 1 atom stereocenters. The van der Waals surface area contributed by atoms with Gasteiger partial charge in [0, 0.05) is 36.0 Å². The van der Waals surface area contributed by atoms with Gasteiger partial charge in [0.25, 0.3) is 0 Å². The van der Waals surface area contributed by atoms with E-state index in [0.29, 0.717) is 6.04 Å². The first-order valence-electron chi connectivity index (χ1n) is 7.34. The van der Waals surface area contributed by atoms with Gasteiger partial charge in [0.05, 0.1) is 0 Å². The van der Waals surface area contributed by atoms with E-state index in [2.05, 4.69) is 28.4 Å². The molecular formula is C14H26N4S. The van der Waals surface area contributed by atoms with Crippen LogP contribution in [-0.4, -0.2) is 26.8 Å². The molecule has 0 aliphatic heterocycles. The molecule has 1 aromatic rings. The highest BCUT2D eigenvalue weighted by Crippen LogP contribution is 2.28. The molecule has 0 radical (unpaired) electrons. The van der Waals surface area contributed by atoms with Crippen LogP contribution in [0.4, 0.5) is 0 Å². The van der Waals surface area contributed by atoms with Crippen LogP contribution in [0, 0.1) is 0 Å². The summed E-state index contributed by atoms with van der Waals surface area (Å²) in [4.78, 5) is 0. The van der Waals surface area contributed by atoms with Gasteiger partial charge in [0.1, 0.15) is 0 Å². The van der Waals surface area contributed by atoms with Crippen molar-refractivity contribution >= 4 is 11.8 Å². The Balaban J connectivity index is 1.69. The third-order valence-corrected chi connectivity index (χ3v) is 5.53. The highest BCUT2D eigenvalue weighted by atomic mass is 32.2. The van der Waals surface area contributed by atoms with Gasteiger partial charge in [-0.1, -0.05) is 19.3 Å². The van der Waals surface area contributed by atoms with Gasteiger partial charge >= 0.3 is 0 Å². The van der Waals surface area contributed by atoms with Crippen molar-refractivity contribution in [2.45, 2.75) is 56.2 Å². The van der Waals surface area contributed by atoms with Gasteiger partial charge in [-0.05, 0) is 31.7 Å². The summed E-state index contributed by atoms with van der Waals surface area (Å²) in [6.45, 7) is 0. The summed E-state index contributed by atoms with van der Waals surface area (Å²) in [6.07, 6.45) is 11.0. The molecular weight excluding hydrogens is 256 g/mol. The molecule has 19 heavy (non-hydrogen) atoms. The molecule has 5 heteroatoms. The molecule has 0 amide bonds. The van der Waals surface area contributed by atoms with Crippen LogP contribution in [-0.2, 0) is 13.5 Å². The fourth-order valence-electron chi connectivity index (χ4n) is 2.67. The van der Waals surface area contributed by atoms with E-state index in [1.807, 2.05) is 17.9 Å². The number of rotatable bonds is 7. The van der Waals surface area contributed by atoms with Gasteiger partial charge in [0.2, 0.25) is 0 Å². The second-order valence-electron chi connectivity index (χ2n) is 5.44. The molecule has 1 unspecified atom stereocenters. The van der Waals surface area contributed by atoms with Crippen LogP contribution in [0.1, 0.15) is 44.2 Å². The average Bonchev–Trinajstić information content (AvgIpc) is 2.86. The zero-order chi connectivity index (χ0) is 13.5. The minimum Gasteiger partial charge on any atom is -0.273 e. The van der Waals surface area contributed by atoms with E-state index in [-0.39, 0.29) is 0 Å². The molecule has 4 nitrogen and oxygen atoms in total. The molecule has 1 aliphatic carbocycles. The Morgan fingerprint density at radius 2 is 2.26 bits per heavy atom. The first kappa shape index (κ1) is 14.9. The van der Waals surface area contributed by atoms with Gasteiger partial charge in [-0.15, -0.1) is 0 Å². The van der Waals surface area contributed by atoms with Crippen LogP contribution in [0.25, 0.3) is 0 Å². The minimum absolute atomic E-state index is 0.404. The van der Waals surface area contributed by atoms with Gasteiger partial charge in [-0.25, -0.2) is 0 Å². The Kier molecular flexibility index (Phi) is 6.20. The number of thioether (sulfide) groups is 1. The minimum atomic E-state index is 0.404. The summed E-state index contributed by atoms with van der Waals surface area (Å²) in [5.74, 6) is 6.80. The lowest BCUT2D eigenvalue weighted by Gasteiger charge is -2.23. The van der Waals surface area contributed by atoms with E-state index >= 15 is 0 Å². The summed E-state index contributed by atoms with van der Waals surface area (Å²) >= 11 is 2.11. The van der Waals surface area contributed by atoms with Crippen LogP contribution in [0.15, 0.2) is 12.3 Å². The second-order valence-corrected chi connectivity index (χ2v) is 6.78. The largest absolute Gasteiger partial charge is 0.273 e. The van der Waals surface area contributed by atoms with E-state index in [1.54, 1.807) is 0 Å². The zero-order valence-corrected chi connectivity index (χ0v) is 12.7. The summed E-state index contributed by atoms with van der Waals surface area (Å²) in [7, 11) is 2.00. The molecule has 1 saturated carbocycles. The summed E-state index contributed by atoms with van der Waals surface area (Å²) < 4.78 is 1.95. The van der Waals surface area contributed by atoms with Crippen molar-refractivity contribution < 1.29 is 0 Å². The molecule has 1 aliphatic rings. The van der Waals surface area contributed by atoms with E-state index < -0.39 is 0 Å². The number of nitrogens with zero attached hydrogens (tertiary/aromatic N) is 2. The first-order valence-corrected chi connectivity index (χ1v) is 8.39. The molecule has 0 bridgehead atoms. The van der Waals surface area contributed by atoms with Crippen molar-refractivity contribution in [3.05, 3.63) is 18.0 Å². The molecule has 108 valence electrons. The van der Waals surface area contributed by atoms with Crippen molar-refractivity contribution in [3.8, 4) is 0 Å². The van der Waals surface area contributed by atoms with Crippen LogP contribution < -0.4 is 11.3 Å². The van der Waals surface area contributed by atoms with Gasteiger partial charge < -0.3 is 0 Å². The maximum Gasteiger partial charge on any atom is 0.0492 e. The molecule has 3 N–H and O–H groups in total. The number of hydrazine groups is 1. The number of hydrogen-bond donors (Lipinski definition) is 2. The van der Waals surface area contributed by atoms with Crippen molar-refractivity contribution in [1.29, 1.82) is 0 Å². The average molecular weight is 282 g/mol. The standard InChI is InChI=1S/C14H26N4S/c1-18-13(9-10-16-18)8-7-12(17-15)11-19-14-5-3-2-4-6-14/h9-10,12,14,17H,2-8,11,15H2,1H3. The highest BCUT2D eigenvalue weighted by Gasteiger charge is 2.16.